The molecule has 47 heavy (non-hydrogen) atoms. The van der Waals surface area contributed by atoms with Crippen molar-refractivity contribution in [1.82, 2.24) is 19.7 Å². The molecule has 0 saturated carbocycles. The summed E-state index contributed by atoms with van der Waals surface area (Å²) >= 11 is 0. The summed E-state index contributed by atoms with van der Waals surface area (Å²) in [5.41, 5.74) is -0.956. The highest BCUT2D eigenvalue weighted by Crippen LogP contribution is 2.59. The van der Waals surface area contributed by atoms with Crippen molar-refractivity contribution in [2.45, 2.75) is 116 Å². The maximum Gasteiger partial charge on any atom is 0.419 e. The molecule has 260 valence electrons. The number of amides is 3. The molecular formula is C33H51N5O8Si. The molecule has 4 aliphatic rings. The topological polar surface area (TPSA) is 133 Å². The average Bonchev–Trinajstić information content (AvgIpc) is 3.64. The molecule has 5 rings (SSSR count). The Labute approximate surface area is 278 Å². The second-order valence-corrected chi connectivity index (χ2v) is 21.0. The molecule has 14 heteroatoms. The number of rotatable bonds is 6. The van der Waals surface area contributed by atoms with E-state index in [1.807, 2.05) is 0 Å². The second kappa shape index (κ2) is 11.7. The van der Waals surface area contributed by atoms with Gasteiger partial charge in [-0.25, -0.2) is 19.5 Å². The van der Waals surface area contributed by atoms with Crippen LogP contribution in [0.25, 0.3) is 0 Å². The molecule has 0 unspecified atom stereocenters. The van der Waals surface area contributed by atoms with Gasteiger partial charge in [0.1, 0.15) is 23.7 Å². The number of aliphatic imine (C=N–C) groups is 1. The molecule has 1 saturated heterocycles. The van der Waals surface area contributed by atoms with Crippen molar-refractivity contribution in [3.05, 3.63) is 35.2 Å². The number of aromatic nitrogens is 1. The third-order valence-corrected chi connectivity index (χ3v) is 13.9. The lowest BCUT2D eigenvalue weighted by Crippen LogP contribution is -2.60. The number of nitrogens with zero attached hydrogens (tertiary/aromatic N) is 4. The normalized spacial score (nSPS) is 25.7. The minimum atomic E-state index is -2.26. The zero-order valence-electron chi connectivity index (χ0n) is 29.8. The van der Waals surface area contributed by atoms with Gasteiger partial charge in [-0.15, -0.1) is 0 Å². The number of nitrogens with one attached hydrogen (secondary N) is 1. The summed E-state index contributed by atoms with van der Waals surface area (Å²) in [7, 11) is -0.702. The van der Waals surface area contributed by atoms with Gasteiger partial charge in [0.2, 0.25) is 11.6 Å². The second-order valence-electron chi connectivity index (χ2n) is 16.2. The predicted molar refractivity (Wildman–Crippen MR) is 177 cm³/mol. The first-order valence-corrected chi connectivity index (χ1v) is 19.1. The zero-order chi connectivity index (χ0) is 34.9. The highest BCUT2D eigenvalue weighted by Gasteiger charge is 2.69. The van der Waals surface area contributed by atoms with Crippen LogP contribution in [0.2, 0.25) is 18.1 Å². The van der Waals surface area contributed by atoms with Crippen molar-refractivity contribution < 1.29 is 37.8 Å². The van der Waals surface area contributed by atoms with Crippen LogP contribution >= 0.6 is 0 Å². The van der Waals surface area contributed by atoms with Gasteiger partial charge in [-0.1, -0.05) is 20.8 Å². The fraction of sp³-hybridized carbons (Fsp3) is 0.697. The fourth-order valence-electron chi connectivity index (χ4n) is 6.65. The van der Waals surface area contributed by atoms with Gasteiger partial charge in [-0.3, -0.25) is 10.1 Å². The predicted octanol–water partition coefficient (Wildman–Crippen LogP) is 5.61. The summed E-state index contributed by atoms with van der Waals surface area (Å²) in [6, 6.07) is 3.50. The van der Waals surface area contributed by atoms with Gasteiger partial charge in [0.25, 0.3) is 5.91 Å². The lowest BCUT2D eigenvalue weighted by molar-refractivity contribution is -0.0260. The Hall–Kier alpha value is -3.20. The monoisotopic (exact) mass is 673 g/mol. The third kappa shape index (κ3) is 6.25. The van der Waals surface area contributed by atoms with Crippen LogP contribution in [0.4, 0.5) is 9.59 Å². The summed E-state index contributed by atoms with van der Waals surface area (Å²) in [5.74, 6) is -0.428. The first kappa shape index (κ1) is 35.1. The number of carbonyl (C=O) groups excluding carboxylic acids is 3. The van der Waals surface area contributed by atoms with Crippen LogP contribution in [-0.4, -0.2) is 96.8 Å². The molecule has 4 atom stereocenters. The van der Waals surface area contributed by atoms with E-state index >= 15 is 0 Å². The smallest absolute Gasteiger partial charge is 0.419 e. The summed E-state index contributed by atoms with van der Waals surface area (Å²) in [4.78, 5) is 49.9. The quantitative estimate of drug-likeness (QED) is 0.178. The Morgan fingerprint density at radius 3 is 2.32 bits per heavy atom. The van der Waals surface area contributed by atoms with Gasteiger partial charge in [0, 0.05) is 25.8 Å². The van der Waals surface area contributed by atoms with E-state index in [1.165, 1.54) is 4.90 Å². The van der Waals surface area contributed by atoms with Crippen molar-refractivity contribution in [2.75, 3.05) is 27.1 Å². The maximum absolute atomic E-state index is 14.2. The van der Waals surface area contributed by atoms with Gasteiger partial charge in [0.05, 0.1) is 12.7 Å². The molecular weight excluding hydrogens is 622 g/mol. The molecule has 1 aromatic rings. The number of fused-ring (bicyclic) bond motifs is 3. The van der Waals surface area contributed by atoms with Crippen LogP contribution in [0, 0.1) is 5.92 Å². The van der Waals surface area contributed by atoms with Crippen LogP contribution < -0.4 is 5.32 Å². The van der Waals surface area contributed by atoms with Gasteiger partial charge < -0.3 is 32.8 Å². The van der Waals surface area contributed by atoms with Crippen molar-refractivity contribution in [1.29, 1.82) is 0 Å². The Balaban J connectivity index is 1.74. The molecule has 3 aliphatic heterocycles. The zero-order valence-corrected chi connectivity index (χ0v) is 30.8. The lowest BCUT2D eigenvalue weighted by atomic mass is 9.90. The van der Waals surface area contributed by atoms with E-state index in [2.05, 4.69) is 39.2 Å². The van der Waals surface area contributed by atoms with Crippen LogP contribution in [0.3, 0.4) is 0 Å². The highest BCUT2D eigenvalue weighted by molar-refractivity contribution is 6.74. The molecule has 1 aromatic heterocycles. The van der Waals surface area contributed by atoms with E-state index in [1.54, 1.807) is 76.4 Å². The molecule has 0 aromatic carbocycles. The molecule has 1 N–H and O–H groups in total. The molecule has 0 bridgehead atoms. The molecule has 13 nitrogen and oxygen atoms in total. The first-order chi connectivity index (χ1) is 21.6. The van der Waals surface area contributed by atoms with E-state index in [9.17, 15) is 14.4 Å². The van der Waals surface area contributed by atoms with Crippen LogP contribution in [0.1, 0.15) is 85.4 Å². The summed E-state index contributed by atoms with van der Waals surface area (Å²) in [5, 5.41) is 2.68. The average molecular weight is 674 g/mol. The van der Waals surface area contributed by atoms with Crippen LogP contribution in [0.5, 0.6) is 0 Å². The van der Waals surface area contributed by atoms with Gasteiger partial charge >= 0.3 is 12.2 Å². The van der Waals surface area contributed by atoms with E-state index < -0.39 is 43.5 Å². The third-order valence-electron chi connectivity index (χ3n) is 9.37. The number of guanidine groups is 1. The van der Waals surface area contributed by atoms with Gasteiger partial charge in [0.15, 0.2) is 14.5 Å². The van der Waals surface area contributed by atoms with Crippen LogP contribution in [0.15, 0.2) is 34.5 Å². The summed E-state index contributed by atoms with van der Waals surface area (Å²) < 4.78 is 31.5. The van der Waals surface area contributed by atoms with E-state index in [0.29, 0.717) is 18.7 Å². The van der Waals surface area contributed by atoms with Crippen molar-refractivity contribution in [2.24, 2.45) is 10.9 Å². The van der Waals surface area contributed by atoms with E-state index in [0.717, 1.165) is 11.1 Å². The number of alkyl carbamates (subject to hydrolysis) is 1. The fourth-order valence-corrected chi connectivity index (χ4v) is 7.95. The SMILES string of the molecule is COCOCC1=C2[C@H](C[C@H]1O[Si](C)(C)C(C)(C)C)CN1C(=O)c3cccn3[C@H]3N(C(=O)OC(C)(C)C)C(NC(=O)OC(C)(C)C)=N[C@]231. The van der Waals surface area contributed by atoms with Crippen molar-refractivity contribution >= 4 is 32.4 Å². The van der Waals surface area contributed by atoms with Crippen LogP contribution in [-0.2, 0) is 23.4 Å². The maximum atomic E-state index is 14.2. The summed E-state index contributed by atoms with van der Waals surface area (Å²) in [6.07, 6.45) is -0.335. The molecule has 0 radical (unpaired) electrons. The van der Waals surface area contributed by atoms with Crippen molar-refractivity contribution in [3.63, 3.8) is 0 Å². The Kier molecular flexibility index (Phi) is 8.77. The molecule has 1 spiro atoms. The first-order valence-electron chi connectivity index (χ1n) is 16.2. The molecule has 1 aliphatic carbocycles. The van der Waals surface area contributed by atoms with E-state index in [-0.39, 0.29) is 42.3 Å². The number of carbonyl (C=O) groups is 3. The summed E-state index contributed by atoms with van der Waals surface area (Å²) in [6.45, 7) is 22.2. The Morgan fingerprint density at radius 1 is 1.06 bits per heavy atom. The standard InChI is InChI=1S/C33H51N5O8Si/c1-30(2,3)44-28(40)34-27-35-33-24-20(16-23(21(24)18-43-19-42-10)46-47(11,12)32(7,8)9)17-37(33)25(39)22-14-13-15-36(22)26(33)38(27)29(41)45-31(4,5)6/h13-15,20,23,26H,16-19H2,1-12H3,(H,34,35,40)/t20-,23-,26+,33+/m1/s1. The van der Waals surface area contributed by atoms with Gasteiger partial charge in [-0.05, 0) is 89.4 Å². The van der Waals surface area contributed by atoms with E-state index in [4.69, 9.17) is 28.4 Å². The number of methoxy groups -OCH3 is 1. The minimum absolute atomic E-state index is 0.0505. The minimum Gasteiger partial charge on any atom is -0.444 e. The number of ether oxygens (including phenoxy) is 4. The largest absolute Gasteiger partial charge is 0.444 e. The Morgan fingerprint density at radius 2 is 1.72 bits per heavy atom. The molecule has 4 heterocycles. The van der Waals surface area contributed by atoms with Crippen molar-refractivity contribution in [3.8, 4) is 0 Å². The molecule has 1 fully saturated rings. The number of hydrogen-bond donors (Lipinski definition) is 1. The lowest BCUT2D eigenvalue weighted by Gasteiger charge is -2.45. The molecule has 3 amide bonds. The number of hydrogen-bond acceptors (Lipinski definition) is 9. The highest BCUT2D eigenvalue weighted by atomic mass is 28.4. The Bertz CT molecular complexity index is 1500. The van der Waals surface area contributed by atoms with Gasteiger partial charge in [-0.2, -0.15) is 0 Å².